The molecule has 0 atom stereocenters. The third-order valence-corrected chi connectivity index (χ3v) is 2.73. The smallest absolute Gasteiger partial charge is 0.0649 e. The minimum atomic E-state index is 0.828. The number of morpholine rings is 1. The van der Waals surface area contributed by atoms with E-state index in [0.29, 0.717) is 0 Å². The SMILES string of the molecule is C(#CN1CCOCC1)N1CCCCC1. The Balaban J connectivity index is 1.78. The van der Waals surface area contributed by atoms with Crippen LogP contribution in [0, 0.1) is 12.1 Å². The summed E-state index contributed by atoms with van der Waals surface area (Å²) in [6, 6.07) is 6.47. The average molecular weight is 194 g/mol. The Bertz CT molecular complexity index is 197. The molecule has 0 saturated carbocycles. The summed E-state index contributed by atoms with van der Waals surface area (Å²) < 4.78 is 5.27. The molecule has 0 amide bonds. The summed E-state index contributed by atoms with van der Waals surface area (Å²) in [4.78, 5) is 4.41. The Kier molecular flexibility index (Phi) is 3.53. The lowest BCUT2D eigenvalue weighted by Crippen LogP contribution is -2.33. The molecule has 0 bridgehead atoms. The van der Waals surface area contributed by atoms with E-state index in [2.05, 4.69) is 21.9 Å². The Morgan fingerprint density at radius 2 is 1.29 bits per heavy atom. The van der Waals surface area contributed by atoms with Gasteiger partial charge < -0.3 is 14.5 Å². The van der Waals surface area contributed by atoms with E-state index in [1.54, 1.807) is 0 Å². The molecule has 2 aliphatic rings. The first-order chi connectivity index (χ1) is 6.95. The minimum Gasteiger partial charge on any atom is -0.378 e. The van der Waals surface area contributed by atoms with Crippen LogP contribution in [-0.2, 0) is 4.74 Å². The first-order valence-corrected chi connectivity index (χ1v) is 5.54. The number of rotatable bonds is 0. The van der Waals surface area contributed by atoms with Gasteiger partial charge in [-0.15, -0.1) is 0 Å². The predicted octanol–water partition coefficient (Wildman–Crippen LogP) is 0.723. The highest BCUT2D eigenvalue weighted by molar-refractivity contribution is 4.99. The summed E-state index contributed by atoms with van der Waals surface area (Å²) in [6.07, 6.45) is 3.98. The normalized spacial score (nSPS) is 22.9. The first kappa shape index (κ1) is 9.67. The van der Waals surface area contributed by atoms with Crippen LogP contribution in [0.3, 0.4) is 0 Å². The number of piperidine rings is 1. The van der Waals surface area contributed by atoms with Gasteiger partial charge in [-0.05, 0) is 19.3 Å². The van der Waals surface area contributed by atoms with Crippen molar-refractivity contribution >= 4 is 0 Å². The fourth-order valence-corrected chi connectivity index (χ4v) is 1.82. The molecule has 0 unspecified atom stereocenters. The Hall–Kier alpha value is -0.880. The molecule has 0 aromatic heterocycles. The second-order valence-electron chi connectivity index (χ2n) is 3.87. The lowest BCUT2D eigenvalue weighted by molar-refractivity contribution is 0.0635. The lowest BCUT2D eigenvalue weighted by Gasteiger charge is -2.25. The van der Waals surface area contributed by atoms with Crippen LogP contribution in [0.4, 0.5) is 0 Å². The molecule has 2 heterocycles. The summed E-state index contributed by atoms with van der Waals surface area (Å²) in [5.41, 5.74) is 0. The maximum atomic E-state index is 5.27. The minimum absolute atomic E-state index is 0.828. The predicted molar refractivity (Wildman–Crippen MR) is 55.6 cm³/mol. The van der Waals surface area contributed by atoms with Gasteiger partial charge in [-0.2, -0.15) is 0 Å². The number of nitrogens with zero attached hydrogens (tertiary/aromatic N) is 2. The molecule has 0 radical (unpaired) electrons. The van der Waals surface area contributed by atoms with Gasteiger partial charge in [0, 0.05) is 38.3 Å². The van der Waals surface area contributed by atoms with Crippen LogP contribution in [0.1, 0.15) is 19.3 Å². The van der Waals surface area contributed by atoms with E-state index in [-0.39, 0.29) is 0 Å². The van der Waals surface area contributed by atoms with Crippen molar-refractivity contribution in [3.63, 3.8) is 0 Å². The van der Waals surface area contributed by atoms with Crippen molar-refractivity contribution in [1.82, 2.24) is 9.80 Å². The largest absolute Gasteiger partial charge is 0.378 e. The molecule has 0 aromatic rings. The van der Waals surface area contributed by atoms with Crippen LogP contribution in [-0.4, -0.2) is 49.2 Å². The maximum Gasteiger partial charge on any atom is 0.0649 e. The Morgan fingerprint density at radius 3 is 1.93 bits per heavy atom. The lowest BCUT2D eigenvalue weighted by atomic mass is 10.1. The van der Waals surface area contributed by atoms with Gasteiger partial charge in [0.15, 0.2) is 0 Å². The van der Waals surface area contributed by atoms with Crippen LogP contribution < -0.4 is 0 Å². The fourth-order valence-electron chi connectivity index (χ4n) is 1.82. The third-order valence-electron chi connectivity index (χ3n) is 2.73. The standard InChI is InChI=1S/C11H18N2O/c1-2-4-12(5-3-1)6-7-13-8-10-14-11-9-13/h1-5,8-11H2. The second-order valence-corrected chi connectivity index (χ2v) is 3.87. The van der Waals surface area contributed by atoms with E-state index in [1.807, 2.05) is 0 Å². The molecule has 2 saturated heterocycles. The quantitative estimate of drug-likeness (QED) is 0.529. The van der Waals surface area contributed by atoms with Gasteiger partial charge in [-0.3, -0.25) is 0 Å². The summed E-state index contributed by atoms with van der Waals surface area (Å²) in [7, 11) is 0. The van der Waals surface area contributed by atoms with Gasteiger partial charge in [0.25, 0.3) is 0 Å². The highest BCUT2D eigenvalue weighted by Gasteiger charge is 2.08. The van der Waals surface area contributed by atoms with E-state index >= 15 is 0 Å². The molecular formula is C11H18N2O. The average Bonchev–Trinajstić information content (AvgIpc) is 2.29. The highest BCUT2D eigenvalue weighted by Crippen LogP contribution is 2.06. The molecule has 14 heavy (non-hydrogen) atoms. The molecule has 0 aromatic carbocycles. The van der Waals surface area contributed by atoms with Gasteiger partial charge in [0.05, 0.1) is 13.2 Å². The van der Waals surface area contributed by atoms with E-state index in [0.717, 1.165) is 39.4 Å². The topological polar surface area (TPSA) is 15.7 Å². The monoisotopic (exact) mass is 194 g/mol. The van der Waals surface area contributed by atoms with E-state index in [1.165, 1.54) is 19.3 Å². The van der Waals surface area contributed by atoms with Gasteiger partial charge in [0.1, 0.15) is 0 Å². The highest BCUT2D eigenvalue weighted by atomic mass is 16.5. The third kappa shape index (κ3) is 2.81. The van der Waals surface area contributed by atoms with E-state index in [4.69, 9.17) is 4.74 Å². The van der Waals surface area contributed by atoms with Crippen LogP contribution in [0.2, 0.25) is 0 Å². The number of hydrogen-bond acceptors (Lipinski definition) is 3. The second kappa shape index (κ2) is 5.11. The molecule has 0 aliphatic carbocycles. The molecule has 0 N–H and O–H groups in total. The number of hydrogen-bond donors (Lipinski definition) is 0. The maximum absolute atomic E-state index is 5.27. The van der Waals surface area contributed by atoms with Crippen molar-refractivity contribution in [3.05, 3.63) is 0 Å². The molecule has 3 heteroatoms. The van der Waals surface area contributed by atoms with Crippen molar-refractivity contribution in [2.24, 2.45) is 0 Å². The summed E-state index contributed by atoms with van der Waals surface area (Å²) in [5, 5.41) is 0. The fraction of sp³-hybridized carbons (Fsp3) is 0.818. The molecule has 2 fully saturated rings. The van der Waals surface area contributed by atoms with Crippen LogP contribution in [0.25, 0.3) is 0 Å². The number of likely N-dealkylation sites (tertiary alicyclic amines) is 1. The van der Waals surface area contributed by atoms with Gasteiger partial charge in [-0.1, -0.05) is 0 Å². The van der Waals surface area contributed by atoms with Crippen molar-refractivity contribution < 1.29 is 4.74 Å². The number of ether oxygens (including phenoxy) is 1. The zero-order valence-electron chi connectivity index (χ0n) is 8.67. The molecular weight excluding hydrogens is 176 g/mol. The van der Waals surface area contributed by atoms with E-state index < -0.39 is 0 Å². The van der Waals surface area contributed by atoms with Crippen molar-refractivity contribution in [1.29, 1.82) is 0 Å². The zero-order chi connectivity index (χ0) is 9.64. The van der Waals surface area contributed by atoms with Crippen LogP contribution in [0.5, 0.6) is 0 Å². The van der Waals surface area contributed by atoms with Crippen molar-refractivity contribution in [2.75, 3.05) is 39.4 Å². The van der Waals surface area contributed by atoms with Crippen LogP contribution >= 0.6 is 0 Å². The Morgan fingerprint density at radius 1 is 0.714 bits per heavy atom. The van der Waals surface area contributed by atoms with Crippen molar-refractivity contribution in [2.45, 2.75) is 19.3 Å². The molecule has 2 aliphatic heterocycles. The summed E-state index contributed by atoms with van der Waals surface area (Å²) in [6.45, 7) is 5.87. The van der Waals surface area contributed by atoms with Gasteiger partial charge in [-0.25, -0.2) is 0 Å². The molecule has 0 spiro atoms. The van der Waals surface area contributed by atoms with Crippen LogP contribution in [0.15, 0.2) is 0 Å². The van der Waals surface area contributed by atoms with E-state index in [9.17, 15) is 0 Å². The van der Waals surface area contributed by atoms with Crippen molar-refractivity contribution in [3.8, 4) is 12.1 Å². The first-order valence-electron chi connectivity index (χ1n) is 5.54. The summed E-state index contributed by atoms with van der Waals surface area (Å²) >= 11 is 0. The zero-order valence-corrected chi connectivity index (χ0v) is 8.67. The molecule has 78 valence electrons. The molecule has 2 rings (SSSR count). The van der Waals surface area contributed by atoms with Gasteiger partial charge in [0.2, 0.25) is 0 Å². The summed E-state index contributed by atoms with van der Waals surface area (Å²) in [5.74, 6) is 0. The molecule has 3 nitrogen and oxygen atoms in total. The Labute approximate surface area is 86.0 Å². The van der Waals surface area contributed by atoms with Gasteiger partial charge >= 0.3 is 0 Å².